The highest BCUT2D eigenvalue weighted by Gasteiger charge is 2.24. The van der Waals surface area contributed by atoms with Crippen molar-refractivity contribution >= 4 is 5.84 Å². The first-order valence-electron chi connectivity index (χ1n) is 6.28. The SMILES string of the molecule is COc1ccc(CN2CCOC(C(N)=NO)C2)cc1F. The van der Waals surface area contributed by atoms with E-state index in [9.17, 15) is 4.39 Å². The van der Waals surface area contributed by atoms with Crippen molar-refractivity contribution < 1.29 is 19.1 Å². The summed E-state index contributed by atoms with van der Waals surface area (Å²) in [5.74, 6) is -0.105. The monoisotopic (exact) mass is 283 g/mol. The molecule has 1 aliphatic heterocycles. The zero-order chi connectivity index (χ0) is 14.5. The van der Waals surface area contributed by atoms with Gasteiger partial charge in [-0.15, -0.1) is 0 Å². The van der Waals surface area contributed by atoms with Gasteiger partial charge in [-0.2, -0.15) is 0 Å². The molecule has 2 rings (SSSR count). The average molecular weight is 283 g/mol. The molecule has 1 fully saturated rings. The van der Waals surface area contributed by atoms with Gasteiger partial charge in [0.25, 0.3) is 0 Å². The van der Waals surface area contributed by atoms with Gasteiger partial charge in [-0.1, -0.05) is 11.2 Å². The highest BCUT2D eigenvalue weighted by Crippen LogP contribution is 2.19. The van der Waals surface area contributed by atoms with Crippen LogP contribution >= 0.6 is 0 Å². The molecule has 7 heteroatoms. The maximum absolute atomic E-state index is 13.6. The van der Waals surface area contributed by atoms with Crippen LogP contribution in [0.2, 0.25) is 0 Å². The van der Waals surface area contributed by atoms with Crippen LogP contribution in [-0.4, -0.2) is 48.9 Å². The molecule has 1 atom stereocenters. The van der Waals surface area contributed by atoms with Gasteiger partial charge in [-0.25, -0.2) is 4.39 Å². The van der Waals surface area contributed by atoms with E-state index < -0.39 is 6.10 Å². The Bertz CT molecular complexity index is 496. The lowest BCUT2D eigenvalue weighted by molar-refractivity contribution is 0.00138. The quantitative estimate of drug-likeness (QED) is 0.369. The van der Waals surface area contributed by atoms with Gasteiger partial charge >= 0.3 is 0 Å². The number of benzene rings is 1. The summed E-state index contributed by atoms with van der Waals surface area (Å²) in [7, 11) is 1.43. The number of amidine groups is 1. The Balaban J connectivity index is 2.01. The van der Waals surface area contributed by atoms with Gasteiger partial charge in [0, 0.05) is 19.6 Å². The van der Waals surface area contributed by atoms with E-state index in [4.69, 9.17) is 20.4 Å². The van der Waals surface area contributed by atoms with Gasteiger partial charge in [0.2, 0.25) is 0 Å². The summed E-state index contributed by atoms with van der Waals surface area (Å²) in [6.45, 7) is 2.27. The lowest BCUT2D eigenvalue weighted by atomic mass is 10.1. The fourth-order valence-electron chi connectivity index (χ4n) is 2.16. The van der Waals surface area contributed by atoms with E-state index >= 15 is 0 Å². The average Bonchev–Trinajstić information content (AvgIpc) is 2.47. The molecule has 1 aliphatic rings. The van der Waals surface area contributed by atoms with Gasteiger partial charge in [-0.3, -0.25) is 4.90 Å². The van der Waals surface area contributed by atoms with E-state index in [2.05, 4.69) is 10.1 Å². The Morgan fingerprint density at radius 3 is 3.10 bits per heavy atom. The van der Waals surface area contributed by atoms with Crippen molar-refractivity contribution in [3.05, 3.63) is 29.6 Å². The molecule has 0 saturated carbocycles. The normalized spacial score (nSPS) is 20.9. The standard InChI is InChI=1S/C13H18FN3O3/c1-19-11-3-2-9(6-10(11)14)7-17-4-5-20-12(8-17)13(15)16-18/h2-3,6,12,18H,4-5,7-8H2,1H3,(H2,15,16). The molecule has 0 spiro atoms. The molecular weight excluding hydrogens is 265 g/mol. The zero-order valence-corrected chi connectivity index (χ0v) is 11.3. The third-order valence-corrected chi connectivity index (χ3v) is 3.22. The number of halogens is 1. The minimum absolute atomic E-state index is 0.0515. The van der Waals surface area contributed by atoms with E-state index in [0.717, 1.165) is 5.56 Å². The Labute approximate surface area is 116 Å². The predicted molar refractivity (Wildman–Crippen MR) is 71.4 cm³/mol. The molecule has 0 aliphatic carbocycles. The Morgan fingerprint density at radius 2 is 2.45 bits per heavy atom. The van der Waals surface area contributed by atoms with Crippen LogP contribution in [0.15, 0.2) is 23.4 Å². The summed E-state index contributed by atoms with van der Waals surface area (Å²) in [5, 5.41) is 11.6. The van der Waals surface area contributed by atoms with Crippen molar-refractivity contribution in [2.45, 2.75) is 12.6 Å². The molecule has 0 bridgehead atoms. The maximum Gasteiger partial charge on any atom is 0.169 e. The van der Waals surface area contributed by atoms with Gasteiger partial charge in [0.05, 0.1) is 13.7 Å². The Kier molecular flexibility index (Phi) is 4.75. The number of nitrogens with zero attached hydrogens (tertiary/aromatic N) is 2. The third-order valence-electron chi connectivity index (χ3n) is 3.22. The lowest BCUT2D eigenvalue weighted by Crippen LogP contribution is -2.48. The number of hydrogen-bond donors (Lipinski definition) is 2. The van der Waals surface area contributed by atoms with Crippen molar-refractivity contribution in [3.63, 3.8) is 0 Å². The second-order valence-electron chi connectivity index (χ2n) is 4.59. The van der Waals surface area contributed by atoms with E-state index in [-0.39, 0.29) is 17.4 Å². The van der Waals surface area contributed by atoms with Crippen molar-refractivity contribution in [1.82, 2.24) is 4.90 Å². The molecule has 3 N–H and O–H groups in total. The minimum atomic E-state index is -0.433. The Hall–Kier alpha value is -1.86. The lowest BCUT2D eigenvalue weighted by Gasteiger charge is -2.32. The van der Waals surface area contributed by atoms with Gasteiger partial charge in [-0.05, 0) is 17.7 Å². The topological polar surface area (TPSA) is 80.3 Å². The van der Waals surface area contributed by atoms with Crippen LogP contribution < -0.4 is 10.5 Å². The van der Waals surface area contributed by atoms with E-state index in [1.165, 1.54) is 13.2 Å². The van der Waals surface area contributed by atoms with Crippen LogP contribution in [0.5, 0.6) is 5.75 Å². The van der Waals surface area contributed by atoms with Crippen molar-refractivity contribution in [3.8, 4) is 5.75 Å². The number of morpholine rings is 1. The maximum atomic E-state index is 13.6. The number of oxime groups is 1. The van der Waals surface area contributed by atoms with E-state index in [1.807, 2.05) is 6.07 Å². The summed E-state index contributed by atoms with van der Waals surface area (Å²) in [5.41, 5.74) is 6.37. The van der Waals surface area contributed by atoms with Gasteiger partial charge in [0.1, 0.15) is 6.10 Å². The molecular formula is C13H18FN3O3. The van der Waals surface area contributed by atoms with Crippen molar-refractivity contribution in [2.24, 2.45) is 10.9 Å². The molecule has 0 amide bonds. The molecule has 0 radical (unpaired) electrons. The first-order chi connectivity index (χ1) is 9.63. The second kappa shape index (κ2) is 6.53. The smallest absolute Gasteiger partial charge is 0.169 e. The molecule has 1 saturated heterocycles. The Morgan fingerprint density at radius 1 is 1.65 bits per heavy atom. The van der Waals surface area contributed by atoms with Crippen molar-refractivity contribution in [2.75, 3.05) is 26.8 Å². The molecule has 1 aromatic carbocycles. The van der Waals surface area contributed by atoms with Gasteiger partial charge < -0.3 is 20.4 Å². The largest absolute Gasteiger partial charge is 0.494 e. The van der Waals surface area contributed by atoms with Crippen LogP contribution in [0.4, 0.5) is 4.39 Å². The zero-order valence-electron chi connectivity index (χ0n) is 11.3. The summed E-state index contributed by atoms with van der Waals surface area (Å²) >= 11 is 0. The molecule has 1 unspecified atom stereocenters. The minimum Gasteiger partial charge on any atom is -0.494 e. The van der Waals surface area contributed by atoms with E-state index in [1.54, 1.807) is 6.07 Å². The molecule has 6 nitrogen and oxygen atoms in total. The number of nitrogens with two attached hydrogens (primary N) is 1. The molecule has 110 valence electrons. The number of methoxy groups -OCH3 is 1. The van der Waals surface area contributed by atoms with Crippen LogP contribution in [0, 0.1) is 5.82 Å². The van der Waals surface area contributed by atoms with E-state index in [0.29, 0.717) is 26.2 Å². The number of ether oxygens (including phenoxy) is 2. The first-order valence-corrected chi connectivity index (χ1v) is 6.28. The fourth-order valence-corrected chi connectivity index (χ4v) is 2.16. The molecule has 20 heavy (non-hydrogen) atoms. The first kappa shape index (κ1) is 14.5. The second-order valence-corrected chi connectivity index (χ2v) is 4.59. The summed E-state index contributed by atoms with van der Waals surface area (Å²) in [4.78, 5) is 2.06. The number of rotatable bonds is 4. The van der Waals surface area contributed by atoms with Gasteiger partial charge in [0.15, 0.2) is 17.4 Å². The summed E-state index contributed by atoms with van der Waals surface area (Å²) in [6, 6.07) is 4.87. The van der Waals surface area contributed by atoms with Crippen LogP contribution in [0.1, 0.15) is 5.56 Å². The summed E-state index contributed by atoms with van der Waals surface area (Å²) in [6.07, 6.45) is -0.433. The van der Waals surface area contributed by atoms with Crippen molar-refractivity contribution in [1.29, 1.82) is 0 Å². The van der Waals surface area contributed by atoms with Crippen LogP contribution in [0.25, 0.3) is 0 Å². The third kappa shape index (κ3) is 3.37. The summed E-state index contributed by atoms with van der Waals surface area (Å²) < 4.78 is 23.9. The predicted octanol–water partition coefficient (Wildman–Crippen LogP) is 0.782. The molecule has 1 aromatic rings. The fraction of sp³-hybridized carbons (Fsp3) is 0.462. The van der Waals surface area contributed by atoms with Crippen LogP contribution in [0.3, 0.4) is 0 Å². The molecule has 1 heterocycles. The number of hydrogen-bond acceptors (Lipinski definition) is 5. The molecule has 0 aromatic heterocycles. The van der Waals surface area contributed by atoms with Crippen LogP contribution in [-0.2, 0) is 11.3 Å². The highest BCUT2D eigenvalue weighted by atomic mass is 19.1. The highest BCUT2D eigenvalue weighted by molar-refractivity contribution is 5.84.